The van der Waals surface area contributed by atoms with Crippen LogP contribution in [0.15, 0.2) is 36.7 Å². The van der Waals surface area contributed by atoms with Crippen LogP contribution in [0.5, 0.6) is 11.5 Å². The van der Waals surface area contributed by atoms with Crippen molar-refractivity contribution < 1.29 is 23.3 Å². The molecule has 7 nitrogen and oxygen atoms in total. The lowest BCUT2D eigenvalue weighted by atomic mass is 10.1. The zero-order valence-corrected chi connectivity index (χ0v) is 18.0. The van der Waals surface area contributed by atoms with Crippen molar-refractivity contribution in [3.8, 4) is 23.8 Å². The molecule has 1 aromatic heterocycles. The van der Waals surface area contributed by atoms with Gasteiger partial charge in [0.05, 0.1) is 18.7 Å². The number of hydrogen-bond acceptors (Lipinski definition) is 7. The highest BCUT2D eigenvalue weighted by atomic mass is 35.5. The Hall–Kier alpha value is -3.12. The molecule has 31 heavy (non-hydrogen) atoms. The molecule has 0 atom stereocenters. The number of benzene rings is 2. The lowest BCUT2D eigenvalue weighted by Gasteiger charge is -2.15. The molecule has 0 aliphatic carbocycles. The average molecular weight is 448 g/mol. The molecule has 0 radical (unpaired) electrons. The first-order valence-electron chi connectivity index (χ1n) is 9.21. The predicted octanol–water partition coefficient (Wildman–Crippen LogP) is 3.97. The van der Waals surface area contributed by atoms with Gasteiger partial charge in [-0.2, -0.15) is 0 Å². The van der Waals surface area contributed by atoms with E-state index < -0.39 is 5.82 Å². The van der Waals surface area contributed by atoms with Gasteiger partial charge in [0.1, 0.15) is 31.2 Å². The standard InChI is InChI=1S/C22H22FN3O4.ClH/c1-4-15-9-16(23)11-17(10-15)26-22-18-12-20(29-7-5-27-2)21(30-8-6-28-3)13-19(18)24-14-25-22;/h1,9-14H,5-8H2,2-3H3,(H,24,25,26);1H. The van der Waals surface area contributed by atoms with Crippen molar-refractivity contribution in [3.63, 3.8) is 0 Å². The molecule has 0 bridgehead atoms. The monoisotopic (exact) mass is 447 g/mol. The number of anilines is 2. The molecule has 9 heteroatoms. The van der Waals surface area contributed by atoms with Crippen molar-refractivity contribution in [1.82, 2.24) is 9.97 Å². The van der Waals surface area contributed by atoms with Gasteiger partial charge in [-0.25, -0.2) is 14.4 Å². The molecule has 0 fully saturated rings. The number of ether oxygens (including phenoxy) is 4. The maximum absolute atomic E-state index is 13.8. The molecular formula is C22H23ClFN3O4. The second kappa shape index (κ2) is 11.9. The smallest absolute Gasteiger partial charge is 0.163 e. The number of nitrogens with zero attached hydrogens (tertiary/aromatic N) is 2. The molecule has 0 saturated heterocycles. The summed E-state index contributed by atoms with van der Waals surface area (Å²) in [5.74, 6) is 3.51. The maximum atomic E-state index is 13.8. The number of terminal acetylenes is 1. The number of hydrogen-bond donors (Lipinski definition) is 1. The van der Waals surface area contributed by atoms with Crippen LogP contribution in [0.4, 0.5) is 15.9 Å². The molecule has 1 heterocycles. The Morgan fingerprint density at radius 1 is 0.935 bits per heavy atom. The minimum Gasteiger partial charge on any atom is -0.487 e. The van der Waals surface area contributed by atoms with E-state index >= 15 is 0 Å². The van der Waals surface area contributed by atoms with Gasteiger partial charge in [0.15, 0.2) is 11.5 Å². The fourth-order valence-electron chi connectivity index (χ4n) is 2.74. The summed E-state index contributed by atoms with van der Waals surface area (Å²) >= 11 is 0. The van der Waals surface area contributed by atoms with Gasteiger partial charge in [-0.15, -0.1) is 18.8 Å². The summed E-state index contributed by atoms with van der Waals surface area (Å²) in [5.41, 5.74) is 1.53. The minimum absolute atomic E-state index is 0. The Kier molecular flexibility index (Phi) is 9.28. The van der Waals surface area contributed by atoms with E-state index in [2.05, 4.69) is 21.2 Å². The fraction of sp³-hybridized carbons (Fsp3) is 0.273. The Labute approximate surface area is 186 Å². The van der Waals surface area contributed by atoms with Gasteiger partial charge in [0.2, 0.25) is 0 Å². The van der Waals surface area contributed by atoms with Crippen molar-refractivity contribution in [2.45, 2.75) is 0 Å². The first-order valence-corrected chi connectivity index (χ1v) is 9.21. The number of halogens is 2. The van der Waals surface area contributed by atoms with Crippen molar-refractivity contribution in [1.29, 1.82) is 0 Å². The number of rotatable bonds is 10. The number of methoxy groups -OCH3 is 2. The molecule has 0 aliphatic heterocycles. The minimum atomic E-state index is -0.441. The molecule has 3 aromatic rings. The van der Waals surface area contributed by atoms with E-state index in [4.69, 9.17) is 25.4 Å². The molecule has 0 aliphatic rings. The molecule has 0 spiro atoms. The Morgan fingerprint density at radius 2 is 1.61 bits per heavy atom. The summed E-state index contributed by atoms with van der Waals surface area (Å²) in [7, 11) is 3.20. The molecule has 2 aromatic carbocycles. The van der Waals surface area contributed by atoms with Crippen LogP contribution < -0.4 is 14.8 Å². The van der Waals surface area contributed by atoms with Gasteiger partial charge < -0.3 is 24.3 Å². The third-order valence-electron chi connectivity index (χ3n) is 4.12. The highest BCUT2D eigenvalue weighted by Gasteiger charge is 2.13. The third kappa shape index (κ3) is 6.43. The van der Waals surface area contributed by atoms with E-state index in [1.165, 1.54) is 18.5 Å². The van der Waals surface area contributed by atoms with Crippen LogP contribution in [-0.2, 0) is 9.47 Å². The highest BCUT2D eigenvalue weighted by molar-refractivity contribution is 5.93. The van der Waals surface area contributed by atoms with Crippen molar-refractivity contribution in [2.75, 3.05) is 46.0 Å². The topological polar surface area (TPSA) is 74.7 Å². The van der Waals surface area contributed by atoms with Crippen molar-refractivity contribution >= 4 is 34.8 Å². The van der Waals surface area contributed by atoms with Gasteiger partial charge in [0.25, 0.3) is 0 Å². The molecule has 0 amide bonds. The zero-order chi connectivity index (χ0) is 21.3. The molecule has 164 valence electrons. The summed E-state index contributed by atoms with van der Waals surface area (Å²) < 4.78 is 35.5. The number of aromatic nitrogens is 2. The third-order valence-corrected chi connectivity index (χ3v) is 4.12. The van der Waals surface area contributed by atoms with E-state index in [0.717, 1.165) is 0 Å². The Balaban J connectivity index is 0.00000341. The summed E-state index contributed by atoms with van der Waals surface area (Å²) in [4.78, 5) is 8.60. The van der Waals surface area contributed by atoms with Gasteiger partial charge in [0, 0.05) is 36.9 Å². The summed E-state index contributed by atoms with van der Waals surface area (Å²) in [6, 6.07) is 7.83. The van der Waals surface area contributed by atoms with Crippen molar-refractivity contribution in [2.24, 2.45) is 0 Å². The van der Waals surface area contributed by atoms with Gasteiger partial charge in [-0.05, 0) is 24.3 Å². The van der Waals surface area contributed by atoms with E-state index in [-0.39, 0.29) is 12.4 Å². The number of fused-ring (bicyclic) bond motifs is 1. The van der Waals surface area contributed by atoms with E-state index in [1.54, 1.807) is 32.4 Å². The fourth-order valence-corrected chi connectivity index (χ4v) is 2.74. The summed E-state index contributed by atoms with van der Waals surface area (Å²) in [6.07, 6.45) is 6.81. The van der Waals surface area contributed by atoms with Crippen LogP contribution >= 0.6 is 12.4 Å². The van der Waals surface area contributed by atoms with Gasteiger partial charge in [-0.1, -0.05) is 5.92 Å². The van der Waals surface area contributed by atoms with Crippen LogP contribution in [-0.4, -0.2) is 50.6 Å². The summed E-state index contributed by atoms with van der Waals surface area (Å²) in [6.45, 7) is 1.55. The maximum Gasteiger partial charge on any atom is 0.163 e. The van der Waals surface area contributed by atoms with Gasteiger partial charge in [-0.3, -0.25) is 0 Å². The number of nitrogens with one attached hydrogen (secondary N) is 1. The summed E-state index contributed by atoms with van der Waals surface area (Å²) in [5, 5.41) is 3.78. The van der Waals surface area contributed by atoms with E-state index in [0.29, 0.717) is 65.9 Å². The lowest BCUT2D eigenvalue weighted by molar-refractivity contribution is 0.132. The predicted molar refractivity (Wildman–Crippen MR) is 119 cm³/mol. The van der Waals surface area contributed by atoms with Crippen molar-refractivity contribution in [3.05, 3.63) is 48.0 Å². The van der Waals surface area contributed by atoms with Crippen LogP contribution in [0.3, 0.4) is 0 Å². The van der Waals surface area contributed by atoms with Crippen LogP contribution in [0, 0.1) is 18.2 Å². The van der Waals surface area contributed by atoms with Gasteiger partial charge >= 0.3 is 0 Å². The first kappa shape index (κ1) is 24.2. The SMILES string of the molecule is C#Cc1cc(F)cc(Nc2ncnc3cc(OCCOC)c(OCCOC)cc23)c1.Cl. The quantitative estimate of drug-likeness (QED) is 0.372. The largest absolute Gasteiger partial charge is 0.487 e. The second-order valence-electron chi connectivity index (χ2n) is 6.22. The van der Waals surface area contributed by atoms with E-state index in [1.807, 2.05) is 0 Å². The second-order valence-corrected chi connectivity index (χ2v) is 6.22. The van der Waals surface area contributed by atoms with E-state index in [9.17, 15) is 4.39 Å². The molecular weight excluding hydrogens is 425 g/mol. The molecule has 1 N–H and O–H groups in total. The molecule has 3 rings (SSSR count). The van der Waals surface area contributed by atoms with Crippen LogP contribution in [0.25, 0.3) is 10.9 Å². The molecule has 0 saturated carbocycles. The average Bonchev–Trinajstić information content (AvgIpc) is 2.74. The highest BCUT2D eigenvalue weighted by Crippen LogP contribution is 2.35. The first-order chi connectivity index (χ1) is 14.6. The lowest BCUT2D eigenvalue weighted by Crippen LogP contribution is -2.09. The molecule has 0 unspecified atom stereocenters. The van der Waals surface area contributed by atoms with Crippen LogP contribution in [0.2, 0.25) is 0 Å². The Morgan fingerprint density at radius 3 is 2.26 bits per heavy atom. The zero-order valence-electron chi connectivity index (χ0n) is 17.2. The van der Waals surface area contributed by atoms with Crippen LogP contribution in [0.1, 0.15) is 5.56 Å². The Bertz CT molecular complexity index is 1060. The normalized spacial score (nSPS) is 10.3.